The SMILES string of the molecule is CCC(C)(c1ccc(C)cc1)c1ccc2oc3ccc(C(C)(C)c4ccc(C)cc4)cc3c(=O)c2c1. The molecule has 0 aliphatic carbocycles. The molecule has 0 radical (unpaired) electrons. The zero-order valence-electron chi connectivity index (χ0n) is 22.1. The van der Waals surface area contributed by atoms with Gasteiger partial charge in [-0.25, -0.2) is 0 Å². The molecule has 0 N–H and O–H groups in total. The maximum atomic E-state index is 13.8. The van der Waals surface area contributed by atoms with Crippen molar-refractivity contribution in [3.8, 4) is 0 Å². The van der Waals surface area contributed by atoms with E-state index in [4.69, 9.17) is 4.42 Å². The van der Waals surface area contributed by atoms with E-state index in [1.807, 2.05) is 24.3 Å². The third-order valence-electron chi connectivity index (χ3n) is 8.20. The quantitative estimate of drug-likeness (QED) is 0.239. The van der Waals surface area contributed by atoms with Crippen LogP contribution in [0.25, 0.3) is 21.9 Å². The fourth-order valence-corrected chi connectivity index (χ4v) is 5.22. The molecule has 1 heterocycles. The summed E-state index contributed by atoms with van der Waals surface area (Å²) in [6.45, 7) is 13.1. The van der Waals surface area contributed by atoms with Crippen molar-refractivity contribution in [2.24, 2.45) is 0 Å². The Labute approximate surface area is 213 Å². The monoisotopic (exact) mass is 474 g/mol. The fourth-order valence-electron chi connectivity index (χ4n) is 5.22. The lowest BCUT2D eigenvalue weighted by Gasteiger charge is -2.30. The van der Waals surface area contributed by atoms with Crippen molar-refractivity contribution in [1.82, 2.24) is 0 Å². The van der Waals surface area contributed by atoms with E-state index in [1.165, 1.54) is 22.3 Å². The Morgan fingerprint density at radius 1 is 0.611 bits per heavy atom. The molecule has 0 bridgehead atoms. The van der Waals surface area contributed by atoms with Gasteiger partial charge in [0.2, 0.25) is 5.43 Å². The van der Waals surface area contributed by atoms with Crippen LogP contribution in [0.2, 0.25) is 0 Å². The number of aryl methyl sites for hydroxylation is 2. The standard InChI is InChI=1S/C34H34O2/c1-7-34(6,25-14-10-23(3)11-15-25)27-17-19-31-29(21-27)32(35)28-20-26(16-18-30(28)36-31)33(4,5)24-12-8-22(2)9-13-24/h8-21H,7H2,1-6H3. The van der Waals surface area contributed by atoms with Crippen molar-refractivity contribution in [2.45, 2.75) is 58.8 Å². The van der Waals surface area contributed by atoms with Crippen LogP contribution >= 0.6 is 0 Å². The second kappa shape index (κ2) is 8.78. The average molecular weight is 475 g/mol. The highest BCUT2D eigenvalue weighted by molar-refractivity contribution is 5.90. The van der Waals surface area contributed by atoms with Gasteiger partial charge < -0.3 is 4.42 Å². The Balaban J connectivity index is 1.66. The predicted molar refractivity (Wildman–Crippen MR) is 151 cm³/mol. The van der Waals surface area contributed by atoms with Gasteiger partial charge in [-0.1, -0.05) is 99.5 Å². The lowest BCUT2D eigenvalue weighted by molar-refractivity contribution is 0.550. The maximum absolute atomic E-state index is 13.8. The highest BCUT2D eigenvalue weighted by Gasteiger charge is 2.28. The van der Waals surface area contributed by atoms with Gasteiger partial charge >= 0.3 is 0 Å². The first-order chi connectivity index (χ1) is 17.1. The number of benzene rings is 4. The summed E-state index contributed by atoms with van der Waals surface area (Å²) in [6.07, 6.45) is 0.926. The van der Waals surface area contributed by atoms with E-state index in [0.717, 1.165) is 17.5 Å². The van der Waals surface area contributed by atoms with Crippen molar-refractivity contribution in [3.63, 3.8) is 0 Å². The molecule has 0 amide bonds. The molecule has 0 aliphatic heterocycles. The highest BCUT2D eigenvalue weighted by atomic mass is 16.3. The van der Waals surface area contributed by atoms with Crippen LogP contribution in [-0.2, 0) is 10.8 Å². The van der Waals surface area contributed by atoms with Gasteiger partial charge in [-0.3, -0.25) is 4.79 Å². The van der Waals surface area contributed by atoms with Crippen LogP contribution in [0.4, 0.5) is 0 Å². The normalized spacial score (nSPS) is 13.7. The topological polar surface area (TPSA) is 30.2 Å². The van der Waals surface area contributed by atoms with Gasteiger partial charge in [-0.15, -0.1) is 0 Å². The Bertz CT molecular complexity index is 1620. The lowest BCUT2D eigenvalue weighted by Crippen LogP contribution is -2.23. The summed E-state index contributed by atoms with van der Waals surface area (Å²) in [6, 6.07) is 29.5. The third kappa shape index (κ3) is 3.95. The number of hydrogen-bond acceptors (Lipinski definition) is 2. The summed E-state index contributed by atoms with van der Waals surface area (Å²) >= 11 is 0. The molecular weight excluding hydrogens is 440 g/mol. The largest absolute Gasteiger partial charge is 0.456 e. The molecule has 5 rings (SSSR count). The Kier molecular flexibility index (Phi) is 5.87. The minimum Gasteiger partial charge on any atom is -0.456 e. The first kappa shape index (κ1) is 24.1. The van der Waals surface area contributed by atoms with Gasteiger partial charge in [0.15, 0.2) is 0 Å². The predicted octanol–water partition coefficient (Wildman–Crippen LogP) is 8.60. The van der Waals surface area contributed by atoms with Crippen LogP contribution in [0.5, 0.6) is 0 Å². The van der Waals surface area contributed by atoms with Crippen LogP contribution in [-0.4, -0.2) is 0 Å². The van der Waals surface area contributed by atoms with Gasteiger partial charge in [-0.2, -0.15) is 0 Å². The molecule has 2 nitrogen and oxygen atoms in total. The van der Waals surface area contributed by atoms with Crippen LogP contribution in [0.1, 0.15) is 67.5 Å². The second-order valence-corrected chi connectivity index (χ2v) is 10.9. The summed E-state index contributed by atoms with van der Waals surface area (Å²) in [5.74, 6) is 0. The number of hydrogen-bond donors (Lipinski definition) is 0. The van der Waals surface area contributed by atoms with E-state index in [0.29, 0.717) is 21.9 Å². The number of rotatable bonds is 5. The molecule has 5 aromatic rings. The van der Waals surface area contributed by atoms with E-state index >= 15 is 0 Å². The molecule has 0 spiro atoms. The molecule has 0 saturated carbocycles. The molecule has 1 unspecified atom stereocenters. The average Bonchev–Trinajstić information content (AvgIpc) is 2.88. The van der Waals surface area contributed by atoms with E-state index < -0.39 is 0 Å². The second-order valence-electron chi connectivity index (χ2n) is 10.9. The minimum atomic E-state index is -0.239. The first-order valence-electron chi connectivity index (χ1n) is 12.8. The van der Waals surface area contributed by atoms with Gasteiger partial charge in [0.05, 0.1) is 10.8 Å². The summed E-state index contributed by atoms with van der Waals surface area (Å²) in [7, 11) is 0. The zero-order chi connectivity index (χ0) is 25.7. The molecule has 0 saturated heterocycles. The van der Waals surface area contributed by atoms with Gasteiger partial charge in [0.1, 0.15) is 11.2 Å². The molecule has 1 aromatic heterocycles. The lowest BCUT2D eigenvalue weighted by atomic mass is 9.74. The fraction of sp³-hybridized carbons (Fsp3) is 0.265. The molecule has 36 heavy (non-hydrogen) atoms. The van der Waals surface area contributed by atoms with Crippen LogP contribution in [0.3, 0.4) is 0 Å². The van der Waals surface area contributed by atoms with Gasteiger partial charge in [0.25, 0.3) is 0 Å². The third-order valence-corrected chi connectivity index (χ3v) is 8.20. The first-order valence-corrected chi connectivity index (χ1v) is 12.8. The highest BCUT2D eigenvalue weighted by Crippen LogP contribution is 2.37. The minimum absolute atomic E-state index is 0.0250. The van der Waals surface area contributed by atoms with E-state index in [2.05, 4.69) is 102 Å². The molecular formula is C34H34O2. The van der Waals surface area contributed by atoms with Crippen molar-refractivity contribution < 1.29 is 4.42 Å². The zero-order valence-corrected chi connectivity index (χ0v) is 22.1. The van der Waals surface area contributed by atoms with Crippen LogP contribution in [0, 0.1) is 13.8 Å². The maximum Gasteiger partial charge on any atom is 0.200 e. The smallest absolute Gasteiger partial charge is 0.200 e. The summed E-state index contributed by atoms with van der Waals surface area (Å²) in [5, 5.41) is 1.27. The summed E-state index contributed by atoms with van der Waals surface area (Å²) in [4.78, 5) is 13.8. The van der Waals surface area contributed by atoms with Gasteiger partial charge in [0, 0.05) is 10.8 Å². The molecule has 1 atom stereocenters. The van der Waals surface area contributed by atoms with Crippen molar-refractivity contribution in [1.29, 1.82) is 0 Å². The molecule has 4 aromatic carbocycles. The Morgan fingerprint density at radius 2 is 1.06 bits per heavy atom. The van der Waals surface area contributed by atoms with Crippen LogP contribution < -0.4 is 5.43 Å². The molecule has 0 fully saturated rings. The molecule has 182 valence electrons. The number of fused-ring (bicyclic) bond motifs is 2. The van der Waals surface area contributed by atoms with E-state index in [-0.39, 0.29) is 16.3 Å². The Hall–Kier alpha value is -3.65. The van der Waals surface area contributed by atoms with E-state index in [9.17, 15) is 4.79 Å². The summed E-state index contributed by atoms with van der Waals surface area (Å²) < 4.78 is 6.24. The van der Waals surface area contributed by atoms with Crippen molar-refractivity contribution in [2.75, 3.05) is 0 Å². The van der Waals surface area contributed by atoms with Crippen molar-refractivity contribution in [3.05, 3.63) is 129 Å². The summed E-state index contributed by atoms with van der Waals surface area (Å²) in [5.41, 5.74) is 8.02. The molecule has 2 heteroatoms. The van der Waals surface area contributed by atoms with Crippen molar-refractivity contribution >= 4 is 21.9 Å². The Morgan fingerprint density at radius 3 is 1.58 bits per heavy atom. The van der Waals surface area contributed by atoms with E-state index in [1.54, 1.807) is 0 Å². The van der Waals surface area contributed by atoms with Crippen LogP contribution in [0.15, 0.2) is 94.1 Å². The van der Waals surface area contributed by atoms with Gasteiger partial charge in [-0.05, 0) is 66.8 Å². The molecule has 0 aliphatic rings.